The molecule has 1 aromatic heterocycles. The molecule has 0 radical (unpaired) electrons. The van der Waals surface area contributed by atoms with Gasteiger partial charge in [0, 0.05) is 5.02 Å². The fourth-order valence-corrected chi connectivity index (χ4v) is 2.62. The van der Waals surface area contributed by atoms with Crippen LogP contribution in [0.1, 0.15) is 11.3 Å². The highest BCUT2D eigenvalue weighted by molar-refractivity contribution is 6.30. The molecule has 24 heavy (non-hydrogen) atoms. The quantitative estimate of drug-likeness (QED) is 0.600. The largest absolute Gasteiger partial charge is 0.467 e. The van der Waals surface area contributed by atoms with Crippen molar-refractivity contribution >= 4 is 17.4 Å². The smallest absolute Gasteiger partial charge is 0.165 e. The molecule has 1 N–H and O–H groups in total. The topological polar surface area (TPSA) is 68.8 Å². The summed E-state index contributed by atoms with van der Waals surface area (Å²) in [7, 11) is 0. The van der Waals surface area contributed by atoms with Crippen LogP contribution in [0.25, 0.3) is 11.5 Å². The molecule has 3 heterocycles. The van der Waals surface area contributed by atoms with Gasteiger partial charge in [0.05, 0.1) is 25.7 Å². The van der Waals surface area contributed by atoms with E-state index >= 15 is 0 Å². The number of anilines is 1. The molecule has 0 unspecified atom stereocenters. The van der Waals surface area contributed by atoms with Crippen LogP contribution in [0.2, 0.25) is 5.02 Å². The van der Waals surface area contributed by atoms with Crippen molar-refractivity contribution in [2.24, 2.45) is 0 Å². The molecule has 7 heteroatoms. The Hall–Kier alpha value is -2.86. The van der Waals surface area contributed by atoms with E-state index in [-0.39, 0.29) is 0 Å². The molecule has 2 aliphatic rings. The lowest BCUT2D eigenvalue weighted by Crippen LogP contribution is -2.10. The predicted octanol–water partition coefficient (Wildman–Crippen LogP) is 3.68. The van der Waals surface area contributed by atoms with Crippen molar-refractivity contribution in [1.29, 1.82) is 0 Å². The molecule has 120 valence electrons. The molecule has 0 spiro atoms. The molecule has 0 fully saturated rings. The Morgan fingerprint density at radius 2 is 1.96 bits per heavy atom. The number of nitrogens with zero attached hydrogens (tertiary/aromatic N) is 4. The van der Waals surface area contributed by atoms with Gasteiger partial charge in [-0.25, -0.2) is 15.0 Å². The van der Waals surface area contributed by atoms with Crippen LogP contribution < -0.4 is 5.32 Å². The maximum Gasteiger partial charge on any atom is 0.165 e. The Balaban J connectivity index is 1.58. The summed E-state index contributed by atoms with van der Waals surface area (Å²) in [4.78, 5) is 13.2. The molecule has 1 aromatic carbocycles. The summed E-state index contributed by atoms with van der Waals surface area (Å²) < 4.78 is 7.28. The normalized spacial score (nSPS) is 11.0. The van der Waals surface area contributed by atoms with Gasteiger partial charge in [-0.05, 0) is 29.8 Å². The second-order valence-electron chi connectivity index (χ2n) is 5.33. The van der Waals surface area contributed by atoms with E-state index in [2.05, 4.69) is 20.3 Å². The molecule has 6 nitrogen and oxygen atoms in total. The summed E-state index contributed by atoms with van der Waals surface area (Å²) in [6, 6.07) is 11.5. The van der Waals surface area contributed by atoms with E-state index in [0.717, 1.165) is 27.9 Å². The van der Waals surface area contributed by atoms with Gasteiger partial charge in [0.2, 0.25) is 0 Å². The molecule has 0 aliphatic carbocycles. The number of imidazole rings is 1. The SMILES string of the molecule is Clc1ccc(Cn2cnc(NCc3ccco3)c3ncnc2-3)cc1. The second-order valence-corrected chi connectivity index (χ2v) is 5.76. The van der Waals surface area contributed by atoms with Gasteiger partial charge in [-0.1, -0.05) is 23.7 Å². The van der Waals surface area contributed by atoms with Gasteiger partial charge < -0.3 is 14.3 Å². The van der Waals surface area contributed by atoms with Gasteiger partial charge in [-0.15, -0.1) is 0 Å². The van der Waals surface area contributed by atoms with Gasteiger partial charge >= 0.3 is 0 Å². The van der Waals surface area contributed by atoms with Gasteiger partial charge in [0.15, 0.2) is 17.3 Å². The number of fused-ring (bicyclic) bond motifs is 1. The lowest BCUT2D eigenvalue weighted by atomic mass is 10.2. The van der Waals surface area contributed by atoms with E-state index < -0.39 is 0 Å². The summed E-state index contributed by atoms with van der Waals surface area (Å²) >= 11 is 5.93. The van der Waals surface area contributed by atoms with Crippen molar-refractivity contribution in [2.75, 3.05) is 5.32 Å². The molecule has 2 aromatic rings. The minimum Gasteiger partial charge on any atom is -0.467 e. The molecule has 0 amide bonds. The number of furan rings is 1. The molecular weight excluding hydrogens is 326 g/mol. The Morgan fingerprint density at radius 1 is 1.08 bits per heavy atom. The van der Waals surface area contributed by atoms with E-state index in [9.17, 15) is 0 Å². The highest BCUT2D eigenvalue weighted by Gasteiger charge is 2.17. The van der Waals surface area contributed by atoms with Crippen LogP contribution >= 0.6 is 11.6 Å². The minimum atomic E-state index is 0.545. The van der Waals surface area contributed by atoms with Crippen LogP contribution in [-0.2, 0) is 13.1 Å². The highest BCUT2D eigenvalue weighted by atomic mass is 35.5. The monoisotopic (exact) mass is 339 g/mol. The lowest BCUT2D eigenvalue weighted by Gasteiger charge is -2.14. The van der Waals surface area contributed by atoms with E-state index in [1.165, 1.54) is 0 Å². The standard InChI is InChI=1S/C17H14ClN5O/c18-13-5-3-12(4-6-13)9-23-11-22-16(15-17(23)21-10-20-15)19-8-14-2-1-7-24-14/h1-7,10-11,19H,8-9H2. The third kappa shape index (κ3) is 2.96. The van der Waals surface area contributed by atoms with Crippen LogP contribution in [0.4, 0.5) is 5.82 Å². The zero-order valence-corrected chi connectivity index (χ0v) is 13.4. The average Bonchev–Trinajstić information content (AvgIpc) is 3.27. The fraction of sp³-hybridized carbons (Fsp3) is 0.118. The van der Waals surface area contributed by atoms with Gasteiger partial charge in [-0.3, -0.25) is 0 Å². The Morgan fingerprint density at radius 3 is 2.75 bits per heavy atom. The molecule has 0 atom stereocenters. The lowest BCUT2D eigenvalue weighted by molar-refractivity contribution is 0.517. The fourth-order valence-electron chi connectivity index (χ4n) is 2.50. The van der Waals surface area contributed by atoms with Gasteiger partial charge in [0.25, 0.3) is 0 Å². The molecule has 2 aliphatic heterocycles. The molecule has 0 bridgehead atoms. The minimum absolute atomic E-state index is 0.545. The Bertz CT molecular complexity index is 901. The first-order valence-corrected chi connectivity index (χ1v) is 7.84. The molecule has 0 saturated carbocycles. The van der Waals surface area contributed by atoms with E-state index in [0.29, 0.717) is 18.9 Å². The van der Waals surface area contributed by atoms with Crippen LogP contribution in [0.5, 0.6) is 0 Å². The number of hydrogen-bond donors (Lipinski definition) is 1. The summed E-state index contributed by atoms with van der Waals surface area (Å²) in [5.41, 5.74) is 1.85. The molecule has 4 rings (SSSR count). The maximum atomic E-state index is 5.93. The molecule has 0 saturated heterocycles. The van der Waals surface area contributed by atoms with E-state index in [1.54, 1.807) is 18.9 Å². The van der Waals surface area contributed by atoms with Crippen molar-refractivity contribution < 1.29 is 4.42 Å². The number of rotatable bonds is 5. The summed E-state index contributed by atoms with van der Waals surface area (Å²) in [6.45, 7) is 1.20. The van der Waals surface area contributed by atoms with Crippen molar-refractivity contribution in [2.45, 2.75) is 13.1 Å². The summed E-state index contributed by atoms with van der Waals surface area (Å²) in [5, 5.41) is 3.96. The van der Waals surface area contributed by atoms with Crippen molar-refractivity contribution in [1.82, 2.24) is 19.5 Å². The molecular formula is C17H14ClN5O. The number of nitrogens with one attached hydrogen (secondary N) is 1. The number of benzene rings is 1. The van der Waals surface area contributed by atoms with Crippen LogP contribution in [0, 0.1) is 0 Å². The van der Waals surface area contributed by atoms with Crippen molar-refractivity contribution in [3.05, 3.63) is 71.7 Å². The third-order valence-electron chi connectivity index (χ3n) is 3.68. The first kappa shape index (κ1) is 14.7. The van der Waals surface area contributed by atoms with Crippen molar-refractivity contribution in [3.8, 4) is 11.5 Å². The van der Waals surface area contributed by atoms with Crippen LogP contribution in [0.15, 0.2) is 59.7 Å². The van der Waals surface area contributed by atoms with Crippen molar-refractivity contribution in [3.63, 3.8) is 0 Å². The average molecular weight is 340 g/mol. The van der Waals surface area contributed by atoms with Gasteiger partial charge in [-0.2, -0.15) is 0 Å². The second kappa shape index (κ2) is 6.33. The van der Waals surface area contributed by atoms with Gasteiger partial charge in [0.1, 0.15) is 12.1 Å². The Labute approximate surface area is 143 Å². The third-order valence-corrected chi connectivity index (χ3v) is 3.93. The summed E-state index contributed by atoms with van der Waals surface area (Å²) in [5.74, 6) is 2.30. The zero-order chi connectivity index (χ0) is 16.4. The predicted molar refractivity (Wildman–Crippen MR) is 91.0 cm³/mol. The van der Waals surface area contributed by atoms with Crippen LogP contribution in [0.3, 0.4) is 0 Å². The highest BCUT2D eigenvalue weighted by Crippen LogP contribution is 2.25. The Kier molecular flexibility index (Phi) is 3.88. The number of hydrogen-bond acceptors (Lipinski definition) is 5. The van der Waals surface area contributed by atoms with Crippen LogP contribution in [-0.4, -0.2) is 19.5 Å². The first-order chi connectivity index (χ1) is 11.8. The van der Waals surface area contributed by atoms with E-state index in [4.69, 9.17) is 16.0 Å². The summed E-state index contributed by atoms with van der Waals surface area (Å²) in [6.07, 6.45) is 4.95. The zero-order valence-electron chi connectivity index (χ0n) is 12.7. The maximum absolute atomic E-state index is 5.93. The number of halogens is 1. The van der Waals surface area contributed by atoms with E-state index in [1.807, 2.05) is 41.0 Å². The number of aromatic nitrogens is 4. The first-order valence-electron chi connectivity index (χ1n) is 7.46.